The van der Waals surface area contributed by atoms with Gasteiger partial charge in [0, 0.05) is 6.20 Å². The minimum absolute atomic E-state index is 0.193. The minimum Gasteiger partial charge on any atom is -0.464 e. The number of nitro groups is 1. The quantitative estimate of drug-likeness (QED) is 0.365. The number of carbonyl (C=O) groups excluding carboxylic acids is 1. The van der Waals surface area contributed by atoms with Crippen LogP contribution < -0.4 is 5.73 Å². The summed E-state index contributed by atoms with van der Waals surface area (Å²) in [5.74, 6) is -3.88. The Morgan fingerprint density at radius 3 is 2.67 bits per heavy atom. The number of hydrogen-bond acceptors (Lipinski definition) is 6. The molecule has 2 aromatic rings. The van der Waals surface area contributed by atoms with Gasteiger partial charge in [0.1, 0.15) is 11.8 Å². The molecule has 2 N–H and O–H groups in total. The lowest BCUT2D eigenvalue weighted by atomic mass is 10.2. The molecule has 0 saturated carbocycles. The number of anilines is 1. The highest BCUT2D eigenvalue weighted by atomic mass is 79.9. The van der Waals surface area contributed by atoms with E-state index < -0.39 is 44.1 Å². The fourth-order valence-corrected chi connectivity index (χ4v) is 2.62. The van der Waals surface area contributed by atoms with Crippen molar-refractivity contribution in [3.8, 4) is 11.8 Å². The van der Waals surface area contributed by atoms with Crippen molar-refractivity contribution in [2.24, 2.45) is 0 Å². The Morgan fingerprint density at radius 1 is 1.54 bits per heavy atom. The Bertz CT molecular complexity index is 920. The van der Waals surface area contributed by atoms with E-state index in [1.807, 2.05) is 0 Å². The van der Waals surface area contributed by atoms with Crippen molar-refractivity contribution in [3.05, 3.63) is 49.7 Å². The normalized spacial score (nSPS) is 10.3. The predicted octanol–water partition coefficient (Wildman–Crippen LogP) is 2.67. The van der Waals surface area contributed by atoms with Gasteiger partial charge in [-0.1, -0.05) is 0 Å². The second-order valence-electron chi connectivity index (χ2n) is 4.39. The van der Waals surface area contributed by atoms with E-state index in [1.165, 1.54) is 0 Å². The molecule has 2 rings (SSSR count). The number of nitrogens with two attached hydrogens (primary N) is 1. The Kier molecular flexibility index (Phi) is 4.52. The first kappa shape index (κ1) is 17.4. The zero-order chi connectivity index (χ0) is 18.2. The summed E-state index contributed by atoms with van der Waals surface area (Å²) in [6, 6.07) is 2.05. The molecule has 0 spiro atoms. The van der Waals surface area contributed by atoms with E-state index in [-0.39, 0.29) is 11.3 Å². The molecule has 0 fully saturated rings. The van der Waals surface area contributed by atoms with Crippen molar-refractivity contribution >= 4 is 33.3 Å². The number of nitrogen functional groups attached to an aromatic ring is 1. The van der Waals surface area contributed by atoms with Crippen molar-refractivity contribution in [1.82, 2.24) is 4.57 Å². The second-order valence-corrected chi connectivity index (χ2v) is 5.18. The molecule has 0 radical (unpaired) electrons. The molecule has 0 amide bonds. The van der Waals surface area contributed by atoms with Gasteiger partial charge in [-0.05, 0) is 15.9 Å². The van der Waals surface area contributed by atoms with Crippen LogP contribution >= 0.6 is 15.9 Å². The van der Waals surface area contributed by atoms with Gasteiger partial charge in [-0.15, -0.1) is 0 Å². The number of carbonyl (C=O) groups is 1. The van der Waals surface area contributed by atoms with Crippen LogP contribution in [0.2, 0.25) is 0 Å². The largest absolute Gasteiger partial charge is 0.464 e. The van der Waals surface area contributed by atoms with Crippen LogP contribution in [-0.2, 0) is 4.74 Å². The van der Waals surface area contributed by atoms with Gasteiger partial charge in [-0.25, -0.2) is 13.6 Å². The molecule has 1 heterocycles. The van der Waals surface area contributed by atoms with Crippen molar-refractivity contribution < 1.29 is 23.2 Å². The van der Waals surface area contributed by atoms with Crippen molar-refractivity contribution in [2.45, 2.75) is 0 Å². The minimum atomic E-state index is -1.46. The lowest BCUT2D eigenvalue weighted by molar-refractivity contribution is -0.384. The van der Waals surface area contributed by atoms with E-state index >= 15 is 0 Å². The summed E-state index contributed by atoms with van der Waals surface area (Å²) in [5.41, 5.74) is 3.40. The SMILES string of the molecule is COC(=O)c1c(N)c(C#N)cn1-c1c([N+](=O)[O-])cc(F)c(F)c1Br. The summed E-state index contributed by atoms with van der Waals surface area (Å²) in [5, 5.41) is 20.2. The van der Waals surface area contributed by atoms with E-state index in [4.69, 9.17) is 11.0 Å². The molecular formula is C13H7BrF2N4O4. The average Bonchev–Trinajstić information content (AvgIpc) is 2.87. The number of nitriles is 1. The zero-order valence-electron chi connectivity index (χ0n) is 11.8. The molecule has 1 aromatic carbocycles. The third-order valence-corrected chi connectivity index (χ3v) is 3.82. The number of nitrogens with zero attached hydrogens (tertiary/aromatic N) is 3. The van der Waals surface area contributed by atoms with Crippen LogP contribution in [0, 0.1) is 33.1 Å². The fourth-order valence-electron chi connectivity index (χ4n) is 2.03. The van der Waals surface area contributed by atoms with Crippen molar-refractivity contribution in [2.75, 3.05) is 12.8 Å². The Labute approximate surface area is 141 Å². The molecule has 0 atom stereocenters. The first-order valence-electron chi connectivity index (χ1n) is 6.06. The monoisotopic (exact) mass is 400 g/mol. The predicted molar refractivity (Wildman–Crippen MR) is 80.5 cm³/mol. The molecule has 1 aromatic heterocycles. The van der Waals surface area contributed by atoms with E-state index in [1.54, 1.807) is 6.07 Å². The van der Waals surface area contributed by atoms with Crippen LogP contribution in [0.5, 0.6) is 0 Å². The summed E-state index contributed by atoms with van der Waals surface area (Å²) in [4.78, 5) is 22.1. The number of rotatable bonds is 3. The van der Waals surface area contributed by atoms with Crippen molar-refractivity contribution in [1.29, 1.82) is 5.26 Å². The number of nitro benzene ring substituents is 1. The van der Waals surface area contributed by atoms with Crippen molar-refractivity contribution in [3.63, 3.8) is 0 Å². The molecule has 8 nitrogen and oxygen atoms in total. The summed E-state index contributed by atoms with van der Waals surface area (Å²) in [6.45, 7) is 0. The van der Waals surface area contributed by atoms with Crippen LogP contribution in [0.25, 0.3) is 5.69 Å². The summed E-state index contributed by atoms with van der Waals surface area (Å²) in [7, 11) is 1.03. The Morgan fingerprint density at radius 2 is 2.17 bits per heavy atom. The van der Waals surface area contributed by atoms with Crippen LogP contribution in [0.4, 0.5) is 20.2 Å². The van der Waals surface area contributed by atoms with Gasteiger partial charge in [-0.3, -0.25) is 10.1 Å². The maximum absolute atomic E-state index is 13.9. The second kappa shape index (κ2) is 6.25. The molecule has 0 aliphatic heterocycles. The molecule has 0 unspecified atom stereocenters. The maximum Gasteiger partial charge on any atom is 0.357 e. The van der Waals surface area contributed by atoms with Crippen LogP contribution in [-0.4, -0.2) is 22.6 Å². The fraction of sp³-hybridized carbons (Fsp3) is 0.0769. The number of ether oxygens (including phenoxy) is 1. The first-order chi connectivity index (χ1) is 11.2. The Balaban J connectivity index is 2.97. The smallest absolute Gasteiger partial charge is 0.357 e. The van der Waals surface area contributed by atoms with Gasteiger partial charge in [0.25, 0.3) is 5.69 Å². The number of aromatic nitrogens is 1. The molecule has 124 valence electrons. The average molecular weight is 401 g/mol. The first-order valence-corrected chi connectivity index (χ1v) is 6.85. The third-order valence-electron chi connectivity index (χ3n) is 3.10. The number of esters is 1. The van der Waals surface area contributed by atoms with Gasteiger partial charge in [-0.2, -0.15) is 5.26 Å². The highest BCUT2D eigenvalue weighted by Gasteiger charge is 2.30. The van der Waals surface area contributed by atoms with Gasteiger partial charge in [0.15, 0.2) is 17.3 Å². The number of hydrogen-bond donors (Lipinski definition) is 1. The van der Waals surface area contributed by atoms with E-state index in [2.05, 4.69) is 20.7 Å². The lowest BCUT2D eigenvalue weighted by Crippen LogP contribution is -2.13. The highest BCUT2D eigenvalue weighted by molar-refractivity contribution is 9.10. The number of methoxy groups -OCH3 is 1. The third kappa shape index (κ3) is 2.56. The zero-order valence-corrected chi connectivity index (χ0v) is 13.4. The van der Waals surface area contributed by atoms with Gasteiger partial charge < -0.3 is 15.0 Å². The Hall–Kier alpha value is -3.00. The molecule has 24 heavy (non-hydrogen) atoms. The number of benzene rings is 1. The molecule has 0 aliphatic rings. The lowest BCUT2D eigenvalue weighted by Gasteiger charge is -2.11. The maximum atomic E-state index is 13.9. The molecule has 11 heteroatoms. The highest BCUT2D eigenvalue weighted by Crippen LogP contribution is 2.37. The topological polar surface area (TPSA) is 124 Å². The summed E-state index contributed by atoms with van der Waals surface area (Å²) >= 11 is 2.73. The summed E-state index contributed by atoms with van der Waals surface area (Å²) in [6.07, 6.45) is 0.992. The standard InChI is InChI=1S/C13H7BrF2N4O4/c1-24-13(21)12-10(18)5(3-17)4-19(12)11-7(20(22)23)2-6(15)9(16)8(11)14/h2,4H,18H2,1H3. The van der Waals surface area contributed by atoms with Crippen LogP contribution in [0.15, 0.2) is 16.7 Å². The summed E-state index contributed by atoms with van der Waals surface area (Å²) < 4.78 is 32.1. The van der Waals surface area contributed by atoms with E-state index in [0.717, 1.165) is 17.9 Å². The van der Waals surface area contributed by atoms with Gasteiger partial charge in [0.05, 0.1) is 33.8 Å². The molecule has 0 saturated heterocycles. The van der Waals surface area contributed by atoms with E-state index in [0.29, 0.717) is 6.07 Å². The van der Waals surface area contributed by atoms with Crippen LogP contribution in [0.3, 0.4) is 0 Å². The molecule has 0 bridgehead atoms. The molecular weight excluding hydrogens is 394 g/mol. The number of halogens is 3. The van der Waals surface area contributed by atoms with Gasteiger partial charge >= 0.3 is 5.97 Å². The van der Waals surface area contributed by atoms with Crippen LogP contribution in [0.1, 0.15) is 16.1 Å². The van der Waals surface area contributed by atoms with E-state index in [9.17, 15) is 23.7 Å². The van der Waals surface area contributed by atoms with Gasteiger partial charge in [0.2, 0.25) is 0 Å². The molecule has 0 aliphatic carbocycles.